The van der Waals surface area contributed by atoms with Crippen molar-refractivity contribution in [3.05, 3.63) is 69.7 Å². The van der Waals surface area contributed by atoms with Crippen LogP contribution in [0.15, 0.2) is 48.5 Å². The lowest BCUT2D eigenvalue weighted by molar-refractivity contribution is -0.123. The van der Waals surface area contributed by atoms with Gasteiger partial charge in [-0.2, -0.15) is 0 Å². The number of aliphatic hydroxyl groups excluding tert-OH is 1. The molecule has 1 fully saturated rings. The molecule has 2 aromatic rings. The Hall–Kier alpha value is -1.59. The van der Waals surface area contributed by atoms with Crippen LogP contribution in [0.2, 0.25) is 10.0 Å². The standard InChI is InChI=1S/C21H24Cl2N2O2/c1-13(24-21(27)19-10-11-20(26)25-19)18(15-4-8-17(23)9-5-15)12-14-2-6-16(22)7-3-14/h2-9,13,18-20,25-26H,10-12H2,1H3,(H,24,27)/t13-,18+,19?,20?/m1/s1. The van der Waals surface area contributed by atoms with Gasteiger partial charge in [-0.1, -0.05) is 47.5 Å². The van der Waals surface area contributed by atoms with Crippen molar-refractivity contribution in [1.29, 1.82) is 0 Å². The predicted octanol–water partition coefficient (Wildman–Crippen LogP) is 3.89. The number of hydrogen-bond acceptors (Lipinski definition) is 3. The van der Waals surface area contributed by atoms with E-state index in [0.29, 0.717) is 22.9 Å². The summed E-state index contributed by atoms with van der Waals surface area (Å²) in [5.74, 6) is 0.00726. The number of rotatable bonds is 6. The van der Waals surface area contributed by atoms with Crippen molar-refractivity contribution in [3.8, 4) is 0 Å². The topological polar surface area (TPSA) is 61.4 Å². The number of carbonyl (C=O) groups is 1. The Morgan fingerprint density at radius 1 is 1.11 bits per heavy atom. The zero-order valence-corrected chi connectivity index (χ0v) is 16.7. The Morgan fingerprint density at radius 2 is 1.70 bits per heavy atom. The van der Waals surface area contributed by atoms with Gasteiger partial charge < -0.3 is 10.4 Å². The zero-order valence-electron chi connectivity index (χ0n) is 15.2. The highest BCUT2D eigenvalue weighted by Crippen LogP contribution is 2.27. The molecule has 1 saturated heterocycles. The molecule has 144 valence electrons. The first-order valence-electron chi connectivity index (χ1n) is 9.17. The zero-order chi connectivity index (χ0) is 19.4. The molecule has 4 atom stereocenters. The first kappa shape index (κ1) is 20.2. The molecule has 6 heteroatoms. The molecule has 0 aliphatic carbocycles. The fourth-order valence-electron chi connectivity index (χ4n) is 3.52. The summed E-state index contributed by atoms with van der Waals surface area (Å²) in [5.41, 5.74) is 2.26. The van der Waals surface area contributed by atoms with E-state index in [1.807, 2.05) is 55.5 Å². The molecular formula is C21H24Cl2N2O2. The van der Waals surface area contributed by atoms with Crippen LogP contribution in [0.5, 0.6) is 0 Å². The first-order chi connectivity index (χ1) is 12.9. The average molecular weight is 407 g/mol. The lowest BCUT2D eigenvalue weighted by Gasteiger charge is -2.27. The van der Waals surface area contributed by atoms with Crippen LogP contribution in [0.1, 0.15) is 36.8 Å². The van der Waals surface area contributed by atoms with E-state index in [9.17, 15) is 9.90 Å². The monoisotopic (exact) mass is 406 g/mol. The summed E-state index contributed by atoms with van der Waals surface area (Å²) in [4.78, 5) is 12.6. The van der Waals surface area contributed by atoms with Gasteiger partial charge in [0.2, 0.25) is 5.91 Å². The molecule has 1 heterocycles. The van der Waals surface area contributed by atoms with Gasteiger partial charge >= 0.3 is 0 Å². The third kappa shape index (κ3) is 5.45. The second-order valence-electron chi connectivity index (χ2n) is 7.10. The predicted molar refractivity (Wildman–Crippen MR) is 109 cm³/mol. The molecule has 0 spiro atoms. The molecular weight excluding hydrogens is 383 g/mol. The van der Waals surface area contributed by atoms with Crippen molar-refractivity contribution in [2.45, 2.75) is 50.4 Å². The van der Waals surface area contributed by atoms with Gasteiger partial charge in [-0.15, -0.1) is 0 Å². The summed E-state index contributed by atoms with van der Waals surface area (Å²) in [6, 6.07) is 15.1. The Bertz CT molecular complexity index is 765. The molecule has 3 N–H and O–H groups in total. The second kappa shape index (κ2) is 9.07. The maximum Gasteiger partial charge on any atom is 0.237 e. The minimum absolute atomic E-state index is 0.0749. The third-order valence-corrected chi connectivity index (χ3v) is 5.58. The van der Waals surface area contributed by atoms with Gasteiger partial charge in [0.25, 0.3) is 0 Å². The molecule has 1 aliphatic rings. The highest BCUT2D eigenvalue weighted by atomic mass is 35.5. The van der Waals surface area contributed by atoms with Crippen molar-refractivity contribution in [3.63, 3.8) is 0 Å². The highest BCUT2D eigenvalue weighted by molar-refractivity contribution is 6.30. The van der Waals surface area contributed by atoms with Crippen LogP contribution in [0.25, 0.3) is 0 Å². The van der Waals surface area contributed by atoms with Crippen LogP contribution in [0.4, 0.5) is 0 Å². The van der Waals surface area contributed by atoms with Gasteiger partial charge in [-0.25, -0.2) is 0 Å². The SMILES string of the molecule is C[C@@H](NC(=O)C1CCC(O)N1)[C@H](Cc1ccc(Cl)cc1)c1ccc(Cl)cc1. The minimum Gasteiger partial charge on any atom is -0.379 e. The summed E-state index contributed by atoms with van der Waals surface area (Å²) in [6.07, 6.45) is 1.40. The lowest BCUT2D eigenvalue weighted by atomic mass is 9.86. The summed E-state index contributed by atoms with van der Waals surface area (Å²) in [6.45, 7) is 2.01. The smallest absolute Gasteiger partial charge is 0.237 e. The van der Waals surface area contributed by atoms with E-state index in [1.165, 1.54) is 0 Å². The van der Waals surface area contributed by atoms with Crippen molar-refractivity contribution < 1.29 is 9.90 Å². The maximum absolute atomic E-state index is 12.6. The van der Waals surface area contributed by atoms with Crippen molar-refractivity contribution >= 4 is 29.1 Å². The number of hydrogen-bond donors (Lipinski definition) is 3. The molecule has 3 rings (SSSR count). The van der Waals surface area contributed by atoms with Crippen molar-refractivity contribution in [2.24, 2.45) is 0 Å². The molecule has 0 aromatic heterocycles. The van der Waals surface area contributed by atoms with Crippen molar-refractivity contribution in [1.82, 2.24) is 10.6 Å². The number of halogens is 2. The average Bonchev–Trinajstić information content (AvgIpc) is 3.08. The number of benzene rings is 2. The largest absolute Gasteiger partial charge is 0.379 e. The highest BCUT2D eigenvalue weighted by Gasteiger charge is 2.30. The summed E-state index contributed by atoms with van der Waals surface area (Å²) in [7, 11) is 0. The summed E-state index contributed by atoms with van der Waals surface area (Å²) in [5, 5.41) is 17.0. The Balaban J connectivity index is 1.76. The van der Waals surface area contributed by atoms with Crippen molar-refractivity contribution in [2.75, 3.05) is 0 Å². The van der Waals surface area contributed by atoms with Crippen LogP contribution >= 0.6 is 23.2 Å². The van der Waals surface area contributed by atoms with Crippen LogP contribution in [-0.2, 0) is 11.2 Å². The van der Waals surface area contributed by atoms with E-state index < -0.39 is 6.23 Å². The van der Waals surface area contributed by atoms with E-state index >= 15 is 0 Å². The fraction of sp³-hybridized carbons (Fsp3) is 0.381. The second-order valence-corrected chi connectivity index (χ2v) is 7.97. The normalized spacial score (nSPS) is 21.6. The number of carbonyl (C=O) groups excluding carboxylic acids is 1. The van der Waals surface area contributed by atoms with Gasteiger partial charge in [0.05, 0.1) is 6.04 Å². The quantitative estimate of drug-likeness (QED) is 0.681. The van der Waals surface area contributed by atoms with Gasteiger partial charge in [-0.3, -0.25) is 10.1 Å². The van der Waals surface area contributed by atoms with Crippen LogP contribution in [-0.4, -0.2) is 29.3 Å². The molecule has 1 amide bonds. The van der Waals surface area contributed by atoms with E-state index in [2.05, 4.69) is 10.6 Å². The Kier molecular flexibility index (Phi) is 6.77. The van der Waals surface area contributed by atoms with Gasteiger partial charge in [0, 0.05) is 22.0 Å². The maximum atomic E-state index is 12.6. The summed E-state index contributed by atoms with van der Waals surface area (Å²) >= 11 is 12.0. The van der Waals surface area contributed by atoms with Crippen LogP contribution in [0, 0.1) is 0 Å². The van der Waals surface area contributed by atoms with E-state index in [1.54, 1.807) is 0 Å². The molecule has 1 aliphatic heterocycles. The number of aliphatic hydroxyl groups is 1. The van der Waals surface area contributed by atoms with Gasteiger partial charge in [0.1, 0.15) is 6.23 Å². The summed E-state index contributed by atoms with van der Waals surface area (Å²) < 4.78 is 0. The van der Waals surface area contributed by atoms with E-state index in [4.69, 9.17) is 23.2 Å². The Morgan fingerprint density at radius 3 is 2.26 bits per heavy atom. The molecule has 2 unspecified atom stereocenters. The molecule has 0 bridgehead atoms. The molecule has 0 saturated carbocycles. The Labute approximate surface area is 169 Å². The van der Waals surface area contributed by atoms with Crippen LogP contribution in [0.3, 0.4) is 0 Å². The number of nitrogens with one attached hydrogen (secondary N) is 2. The first-order valence-corrected chi connectivity index (χ1v) is 9.92. The van der Waals surface area contributed by atoms with E-state index in [-0.39, 0.29) is 23.9 Å². The molecule has 27 heavy (non-hydrogen) atoms. The fourth-order valence-corrected chi connectivity index (χ4v) is 3.78. The minimum atomic E-state index is -0.600. The van der Waals surface area contributed by atoms with Crippen LogP contribution < -0.4 is 10.6 Å². The van der Waals surface area contributed by atoms with Gasteiger partial charge in [0.15, 0.2) is 0 Å². The molecule has 0 radical (unpaired) electrons. The third-order valence-electron chi connectivity index (χ3n) is 5.08. The lowest BCUT2D eigenvalue weighted by Crippen LogP contribution is -2.47. The molecule has 2 aromatic carbocycles. The van der Waals surface area contributed by atoms with E-state index in [0.717, 1.165) is 17.5 Å². The van der Waals surface area contributed by atoms with Gasteiger partial charge in [-0.05, 0) is 61.6 Å². The molecule has 4 nitrogen and oxygen atoms in total. The number of amides is 1.